The van der Waals surface area contributed by atoms with Crippen LogP contribution < -0.4 is 5.32 Å². The lowest BCUT2D eigenvalue weighted by molar-refractivity contribution is 0.311. The maximum Gasteiger partial charge on any atom is 0.0897 e. The fourth-order valence-corrected chi connectivity index (χ4v) is 2.89. The zero-order chi connectivity index (χ0) is 11.4. The molecule has 16 heavy (non-hydrogen) atoms. The van der Waals surface area contributed by atoms with E-state index in [-0.39, 0.29) is 0 Å². The molecule has 0 spiro atoms. The Morgan fingerprint density at radius 3 is 3.19 bits per heavy atom. The molecule has 0 aromatic carbocycles. The van der Waals surface area contributed by atoms with Crippen LogP contribution in [-0.4, -0.2) is 36.1 Å². The molecule has 0 aliphatic carbocycles. The third-order valence-corrected chi connectivity index (χ3v) is 3.93. The quantitative estimate of drug-likeness (QED) is 0.850. The summed E-state index contributed by atoms with van der Waals surface area (Å²) in [5, 5.41) is 6.81. The predicted octanol–water partition coefficient (Wildman–Crippen LogP) is 1.88. The van der Waals surface area contributed by atoms with Gasteiger partial charge in [-0.3, -0.25) is 4.90 Å². The standard InChI is InChI=1S/C12H21N3S/c1-3-13-6-11-4-5-15(7-11)8-12-9-16-10(2)14-12/h9,11,13H,3-8H2,1-2H3. The van der Waals surface area contributed by atoms with Crippen molar-refractivity contribution in [3.05, 3.63) is 16.1 Å². The van der Waals surface area contributed by atoms with Crippen LogP contribution in [0.5, 0.6) is 0 Å². The molecule has 1 fully saturated rings. The molecule has 1 aliphatic rings. The minimum atomic E-state index is 0.833. The van der Waals surface area contributed by atoms with Crippen molar-refractivity contribution in [2.75, 3.05) is 26.2 Å². The summed E-state index contributed by atoms with van der Waals surface area (Å²) in [6.07, 6.45) is 1.33. The summed E-state index contributed by atoms with van der Waals surface area (Å²) in [5.74, 6) is 0.833. The average molecular weight is 239 g/mol. The van der Waals surface area contributed by atoms with Gasteiger partial charge < -0.3 is 5.32 Å². The molecule has 2 rings (SSSR count). The summed E-state index contributed by atoms with van der Waals surface area (Å²) >= 11 is 1.75. The number of nitrogens with zero attached hydrogens (tertiary/aromatic N) is 2. The van der Waals surface area contributed by atoms with Crippen LogP contribution in [0.2, 0.25) is 0 Å². The highest BCUT2D eigenvalue weighted by atomic mass is 32.1. The van der Waals surface area contributed by atoms with Crippen molar-refractivity contribution in [1.29, 1.82) is 0 Å². The van der Waals surface area contributed by atoms with Gasteiger partial charge in [-0.1, -0.05) is 6.92 Å². The molecule has 3 nitrogen and oxygen atoms in total. The molecule has 0 bridgehead atoms. The number of hydrogen-bond donors (Lipinski definition) is 1. The van der Waals surface area contributed by atoms with Gasteiger partial charge >= 0.3 is 0 Å². The van der Waals surface area contributed by atoms with Crippen molar-refractivity contribution in [2.45, 2.75) is 26.8 Å². The number of aromatic nitrogens is 1. The summed E-state index contributed by atoms with van der Waals surface area (Å²) in [4.78, 5) is 7.05. The lowest BCUT2D eigenvalue weighted by atomic mass is 10.1. The van der Waals surface area contributed by atoms with Gasteiger partial charge in [-0.25, -0.2) is 4.98 Å². The second-order valence-electron chi connectivity index (χ2n) is 4.56. The first-order valence-electron chi connectivity index (χ1n) is 6.12. The first-order valence-corrected chi connectivity index (χ1v) is 7.00. The van der Waals surface area contributed by atoms with Gasteiger partial charge in [0, 0.05) is 18.5 Å². The molecule has 1 saturated heterocycles. The Labute approximate surface area is 102 Å². The molecule has 1 N–H and O–H groups in total. The maximum absolute atomic E-state index is 4.52. The normalized spacial score (nSPS) is 21.8. The third-order valence-electron chi connectivity index (χ3n) is 3.11. The number of rotatable bonds is 5. The first-order chi connectivity index (χ1) is 7.78. The number of likely N-dealkylation sites (tertiary alicyclic amines) is 1. The molecule has 1 atom stereocenters. The van der Waals surface area contributed by atoms with Gasteiger partial charge in [0.2, 0.25) is 0 Å². The van der Waals surface area contributed by atoms with E-state index in [9.17, 15) is 0 Å². The monoisotopic (exact) mass is 239 g/mol. The van der Waals surface area contributed by atoms with E-state index in [1.807, 2.05) is 0 Å². The van der Waals surface area contributed by atoms with Gasteiger partial charge in [0.15, 0.2) is 0 Å². The van der Waals surface area contributed by atoms with E-state index in [0.717, 1.165) is 19.0 Å². The summed E-state index contributed by atoms with van der Waals surface area (Å²) in [5.41, 5.74) is 1.24. The topological polar surface area (TPSA) is 28.2 Å². The summed E-state index contributed by atoms with van der Waals surface area (Å²) < 4.78 is 0. The molecular formula is C12H21N3S. The second-order valence-corrected chi connectivity index (χ2v) is 5.62. The van der Waals surface area contributed by atoms with Crippen LogP contribution in [0, 0.1) is 12.8 Å². The van der Waals surface area contributed by atoms with Gasteiger partial charge in [-0.15, -0.1) is 11.3 Å². The Bertz CT molecular complexity index is 324. The lowest BCUT2D eigenvalue weighted by Gasteiger charge is -2.14. The van der Waals surface area contributed by atoms with Crippen LogP contribution in [0.1, 0.15) is 24.0 Å². The van der Waals surface area contributed by atoms with Gasteiger partial charge in [-0.05, 0) is 38.9 Å². The summed E-state index contributed by atoms with van der Waals surface area (Å²) in [7, 11) is 0. The van der Waals surface area contributed by atoms with Gasteiger partial charge in [0.05, 0.1) is 10.7 Å². The molecule has 1 aliphatic heterocycles. The van der Waals surface area contributed by atoms with Gasteiger partial charge in [0.25, 0.3) is 0 Å². The first kappa shape index (κ1) is 12.0. The van der Waals surface area contributed by atoms with Crippen molar-refractivity contribution >= 4 is 11.3 Å². The Balaban J connectivity index is 1.76. The molecular weight excluding hydrogens is 218 g/mol. The van der Waals surface area contributed by atoms with Crippen molar-refractivity contribution in [3.8, 4) is 0 Å². The fraction of sp³-hybridized carbons (Fsp3) is 0.750. The third kappa shape index (κ3) is 3.27. The number of nitrogens with one attached hydrogen (secondary N) is 1. The predicted molar refractivity (Wildman–Crippen MR) is 68.8 cm³/mol. The minimum absolute atomic E-state index is 0.833. The highest BCUT2D eigenvalue weighted by Crippen LogP contribution is 2.18. The molecule has 0 saturated carbocycles. The van der Waals surface area contributed by atoms with E-state index in [0.29, 0.717) is 0 Å². The molecule has 1 unspecified atom stereocenters. The Morgan fingerprint density at radius 1 is 1.62 bits per heavy atom. The largest absolute Gasteiger partial charge is 0.317 e. The highest BCUT2D eigenvalue weighted by Gasteiger charge is 2.22. The van der Waals surface area contributed by atoms with E-state index in [1.54, 1.807) is 11.3 Å². The van der Waals surface area contributed by atoms with Crippen LogP contribution in [0.4, 0.5) is 0 Å². The van der Waals surface area contributed by atoms with Crippen LogP contribution in [0.3, 0.4) is 0 Å². The van der Waals surface area contributed by atoms with E-state index in [2.05, 4.69) is 34.4 Å². The highest BCUT2D eigenvalue weighted by molar-refractivity contribution is 7.09. The Morgan fingerprint density at radius 2 is 2.50 bits per heavy atom. The molecule has 4 heteroatoms. The van der Waals surface area contributed by atoms with Crippen molar-refractivity contribution in [2.24, 2.45) is 5.92 Å². The summed E-state index contributed by atoms with van der Waals surface area (Å²) in [6.45, 7) is 9.99. The molecule has 1 aromatic heterocycles. The molecule has 0 radical (unpaired) electrons. The number of thiazole rings is 1. The van der Waals surface area contributed by atoms with Crippen LogP contribution in [0.25, 0.3) is 0 Å². The Hall–Kier alpha value is -0.450. The minimum Gasteiger partial charge on any atom is -0.317 e. The molecule has 0 amide bonds. The zero-order valence-electron chi connectivity index (χ0n) is 10.2. The van der Waals surface area contributed by atoms with Crippen molar-refractivity contribution in [1.82, 2.24) is 15.2 Å². The smallest absolute Gasteiger partial charge is 0.0897 e. The van der Waals surface area contributed by atoms with Crippen molar-refractivity contribution < 1.29 is 0 Å². The SMILES string of the molecule is CCNCC1CCN(Cc2csc(C)n2)C1. The molecule has 2 heterocycles. The van der Waals surface area contributed by atoms with Crippen LogP contribution in [-0.2, 0) is 6.54 Å². The van der Waals surface area contributed by atoms with E-state index in [1.165, 1.54) is 36.8 Å². The molecule has 90 valence electrons. The lowest BCUT2D eigenvalue weighted by Crippen LogP contribution is -2.26. The average Bonchev–Trinajstić information content (AvgIpc) is 2.86. The second kappa shape index (κ2) is 5.75. The van der Waals surface area contributed by atoms with Crippen LogP contribution >= 0.6 is 11.3 Å². The van der Waals surface area contributed by atoms with Gasteiger partial charge in [-0.2, -0.15) is 0 Å². The van der Waals surface area contributed by atoms with Gasteiger partial charge in [0.1, 0.15) is 0 Å². The fourth-order valence-electron chi connectivity index (χ4n) is 2.28. The van der Waals surface area contributed by atoms with E-state index in [4.69, 9.17) is 0 Å². The number of aryl methyl sites for hydroxylation is 1. The number of hydrogen-bond acceptors (Lipinski definition) is 4. The summed E-state index contributed by atoms with van der Waals surface area (Å²) in [6, 6.07) is 0. The zero-order valence-corrected chi connectivity index (χ0v) is 11.0. The van der Waals surface area contributed by atoms with Crippen LogP contribution in [0.15, 0.2) is 5.38 Å². The maximum atomic E-state index is 4.52. The van der Waals surface area contributed by atoms with E-state index < -0.39 is 0 Å². The van der Waals surface area contributed by atoms with Crippen molar-refractivity contribution in [3.63, 3.8) is 0 Å². The van der Waals surface area contributed by atoms with E-state index >= 15 is 0 Å². The Kier molecular flexibility index (Phi) is 4.32. The molecule has 1 aromatic rings.